The molecule has 0 aliphatic rings. The van der Waals surface area contributed by atoms with Gasteiger partial charge in [0.25, 0.3) is 0 Å². The van der Waals surface area contributed by atoms with Crippen LogP contribution in [0.25, 0.3) is 0 Å². The second kappa shape index (κ2) is 23.3. The second-order valence-electron chi connectivity index (χ2n) is 2.80. The largest absolute Gasteiger partial charge is 0.382 e. The first-order valence-corrected chi connectivity index (χ1v) is 5.98. The second-order valence-corrected chi connectivity index (χ2v) is 2.80. The molecule has 0 atom stereocenters. The van der Waals surface area contributed by atoms with Crippen LogP contribution in [0.15, 0.2) is 0 Å². The predicted octanol–water partition coefficient (Wildman–Crippen LogP) is 2.99. The van der Waals surface area contributed by atoms with E-state index >= 15 is 0 Å². The number of ether oxygens (including phenoxy) is 1. The summed E-state index contributed by atoms with van der Waals surface area (Å²) in [6, 6.07) is 0. The lowest BCUT2D eigenvalue weighted by Gasteiger charge is -1.93. The fraction of sp³-hybridized carbons (Fsp3) is 0.917. The molecule has 3 nitrogen and oxygen atoms in total. The quantitative estimate of drug-likeness (QED) is 0.789. The topological polar surface area (TPSA) is 38.3 Å². The molecule has 0 aromatic carbocycles. The number of hydrogen-bond acceptors (Lipinski definition) is 2. The molecule has 0 rings (SSSR count). The molecular formula is C12H29NO2. The van der Waals surface area contributed by atoms with Crippen LogP contribution < -0.4 is 5.32 Å². The molecule has 0 heterocycles. The molecule has 0 aromatic rings. The highest BCUT2D eigenvalue weighted by molar-refractivity contribution is 5.75. The van der Waals surface area contributed by atoms with Crippen LogP contribution in [0.2, 0.25) is 0 Å². The lowest BCUT2D eigenvalue weighted by atomic mass is 10.4. The van der Waals surface area contributed by atoms with Gasteiger partial charge in [-0.2, -0.15) is 0 Å². The average molecular weight is 219 g/mol. The van der Waals surface area contributed by atoms with Gasteiger partial charge in [0.1, 0.15) is 0 Å². The Morgan fingerprint density at radius 3 is 1.47 bits per heavy atom. The third-order valence-corrected chi connectivity index (χ3v) is 1.10. The fourth-order valence-electron chi connectivity index (χ4n) is 0.526. The normalized spacial score (nSPS) is 7.87. The van der Waals surface area contributed by atoms with Gasteiger partial charge in [-0.3, -0.25) is 4.79 Å². The van der Waals surface area contributed by atoms with Gasteiger partial charge in [-0.25, -0.2) is 0 Å². The van der Waals surface area contributed by atoms with Crippen LogP contribution in [0.4, 0.5) is 0 Å². The zero-order valence-electron chi connectivity index (χ0n) is 11.4. The molecule has 1 amide bonds. The lowest BCUT2D eigenvalue weighted by Crippen LogP contribution is -2.20. The Labute approximate surface area is 95.6 Å². The number of carbonyl (C=O) groups excluding carboxylic acids is 1. The first kappa shape index (κ1) is 19.9. The van der Waals surface area contributed by atoms with Crippen molar-refractivity contribution < 1.29 is 9.53 Å². The van der Waals surface area contributed by atoms with Crippen LogP contribution in [0, 0.1) is 0 Å². The molecule has 3 heteroatoms. The van der Waals surface area contributed by atoms with Crippen molar-refractivity contribution in [2.24, 2.45) is 0 Å². The van der Waals surface area contributed by atoms with E-state index in [9.17, 15) is 4.79 Å². The number of hydrogen-bond donors (Lipinski definition) is 1. The Bertz CT molecular complexity index is 104. The van der Waals surface area contributed by atoms with Gasteiger partial charge in [0.05, 0.1) is 0 Å². The van der Waals surface area contributed by atoms with E-state index in [-0.39, 0.29) is 5.91 Å². The van der Waals surface area contributed by atoms with Gasteiger partial charge in [-0.05, 0) is 20.8 Å². The lowest BCUT2D eigenvalue weighted by molar-refractivity contribution is -0.120. The average Bonchev–Trinajstić information content (AvgIpc) is 2.21. The summed E-state index contributed by atoms with van der Waals surface area (Å²) in [5, 5.41) is 2.66. The van der Waals surface area contributed by atoms with Gasteiger partial charge >= 0.3 is 0 Å². The molecular weight excluding hydrogens is 190 g/mol. The Morgan fingerprint density at radius 1 is 1.00 bits per heavy atom. The smallest absolute Gasteiger partial charge is 0.219 e. The van der Waals surface area contributed by atoms with Crippen LogP contribution in [0.1, 0.15) is 54.4 Å². The third kappa shape index (κ3) is 42.4. The number of nitrogens with one attached hydrogen (secondary N) is 1. The van der Waals surface area contributed by atoms with Crippen molar-refractivity contribution in [2.75, 3.05) is 19.8 Å². The molecule has 15 heavy (non-hydrogen) atoms. The van der Waals surface area contributed by atoms with E-state index in [0.29, 0.717) is 6.42 Å². The van der Waals surface area contributed by atoms with Gasteiger partial charge in [0.2, 0.25) is 5.91 Å². The van der Waals surface area contributed by atoms with Gasteiger partial charge in [0.15, 0.2) is 0 Å². The summed E-state index contributed by atoms with van der Waals surface area (Å²) < 4.78 is 4.83. The molecule has 0 saturated heterocycles. The van der Waals surface area contributed by atoms with Crippen LogP contribution in [-0.2, 0) is 9.53 Å². The van der Waals surface area contributed by atoms with Crippen molar-refractivity contribution in [1.29, 1.82) is 0 Å². The van der Waals surface area contributed by atoms with Gasteiger partial charge in [-0.1, -0.05) is 27.2 Å². The van der Waals surface area contributed by atoms with Crippen LogP contribution in [0.3, 0.4) is 0 Å². The molecule has 0 aliphatic heterocycles. The summed E-state index contributed by atoms with van der Waals surface area (Å²) in [6.45, 7) is 14.4. The Morgan fingerprint density at radius 2 is 1.40 bits per heavy atom. The minimum Gasteiger partial charge on any atom is -0.382 e. The van der Waals surface area contributed by atoms with Crippen molar-refractivity contribution in [3.8, 4) is 0 Å². The molecule has 0 spiro atoms. The molecule has 94 valence electrons. The molecule has 0 fully saturated rings. The zero-order valence-corrected chi connectivity index (χ0v) is 11.4. The zero-order chi connectivity index (χ0) is 12.5. The van der Waals surface area contributed by atoms with E-state index < -0.39 is 0 Å². The van der Waals surface area contributed by atoms with E-state index in [4.69, 9.17) is 4.74 Å². The van der Waals surface area contributed by atoms with E-state index in [1.807, 2.05) is 27.7 Å². The van der Waals surface area contributed by atoms with Crippen molar-refractivity contribution in [2.45, 2.75) is 54.4 Å². The van der Waals surface area contributed by atoms with E-state index in [1.54, 1.807) is 0 Å². The van der Waals surface area contributed by atoms with Crippen LogP contribution >= 0.6 is 0 Å². The van der Waals surface area contributed by atoms with E-state index in [0.717, 1.165) is 19.8 Å². The summed E-state index contributed by atoms with van der Waals surface area (Å²) >= 11 is 0. The molecule has 0 saturated carbocycles. The van der Waals surface area contributed by atoms with Crippen molar-refractivity contribution in [3.05, 3.63) is 0 Å². The minimum absolute atomic E-state index is 0.127. The maximum Gasteiger partial charge on any atom is 0.219 e. The number of amides is 1. The molecule has 0 radical (unpaired) electrons. The first-order valence-electron chi connectivity index (χ1n) is 5.98. The van der Waals surface area contributed by atoms with Crippen LogP contribution in [0.5, 0.6) is 0 Å². The Hall–Kier alpha value is -0.570. The maximum atomic E-state index is 10.3. The number of rotatable bonds is 4. The third-order valence-electron chi connectivity index (χ3n) is 1.10. The van der Waals surface area contributed by atoms with E-state index in [1.165, 1.54) is 6.42 Å². The highest BCUT2D eigenvalue weighted by Crippen LogP contribution is 1.71. The summed E-state index contributed by atoms with van der Waals surface area (Å²) in [7, 11) is 0. The molecule has 0 unspecified atom stereocenters. The van der Waals surface area contributed by atoms with Crippen molar-refractivity contribution in [1.82, 2.24) is 5.32 Å². The van der Waals surface area contributed by atoms with Crippen molar-refractivity contribution >= 4 is 5.91 Å². The standard InChI is InChI=1S/C5H11NO.C4H10O.C3H8/c1-3-5(7)6-4-2;1-3-5-4-2;1-3-2/h3-4H2,1-2H3,(H,6,7);3-4H2,1-2H3;3H2,1-2H3. The maximum absolute atomic E-state index is 10.3. The van der Waals surface area contributed by atoms with Gasteiger partial charge < -0.3 is 10.1 Å². The Balaban J connectivity index is -0.000000158. The van der Waals surface area contributed by atoms with E-state index in [2.05, 4.69) is 19.2 Å². The molecule has 0 aromatic heterocycles. The van der Waals surface area contributed by atoms with Gasteiger partial charge in [0, 0.05) is 26.2 Å². The summed E-state index contributed by atoms with van der Waals surface area (Å²) in [4.78, 5) is 10.3. The monoisotopic (exact) mass is 219 g/mol. The fourth-order valence-corrected chi connectivity index (χ4v) is 0.526. The number of carbonyl (C=O) groups is 1. The minimum atomic E-state index is 0.127. The predicted molar refractivity (Wildman–Crippen MR) is 67.1 cm³/mol. The summed E-state index contributed by atoms with van der Waals surface area (Å²) in [5.41, 5.74) is 0. The first-order chi connectivity index (χ1) is 7.14. The molecule has 1 N–H and O–H groups in total. The Kier molecular flexibility index (Phi) is 31.0. The molecule has 0 aliphatic carbocycles. The molecule has 0 bridgehead atoms. The van der Waals surface area contributed by atoms with Gasteiger partial charge in [-0.15, -0.1) is 0 Å². The SMILES string of the molecule is CCC.CCNC(=O)CC.CCOCC. The highest BCUT2D eigenvalue weighted by atomic mass is 16.5. The van der Waals surface area contributed by atoms with Crippen LogP contribution in [-0.4, -0.2) is 25.7 Å². The summed E-state index contributed by atoms with van der Waals surface area (Å²) in [6.07, 6.45) is 1.84. The summed E-state index contributed by atoms with van der Waals surface area (Å²) in [5.74, 6) is 0.127. The highest BCUT2D eigenvalue weighted by Gasteiger charge is 1.88. The van der Waals surface area contributed by atoms with Crippen molar-refractivity contribution in [3.63, 3.8) is 0 Å².